The number of halogens is 6. The van der Waals surface area contributed by atoms with Crippen LogP contribution in [0.3, 0.4) is 0 Å². The molecule has 2 rings (SSSR count). The van der Waals surface area contributed by atoms with E-state index in [1.165, 1.54) is 6.92 Å². The zero-order chi connectivity index (χ0) is 28.1. The van der Waals surface area contributed by atoms with E-state index in [9.17, 15) is 55.9 Å². The van der Waals surface area contributed by atoms with Gasteiger partial charge in [-0.3, -0.25) is 19.7 Å². The van der Waals surface area contributed by atoms with Gasteiger partial charge >= 0.3 is 24.3 Å². The van der Waals surface area contributed by atoms with Crippen molar-refractivity contribution in [2.24, 2.45) is 0 Å². The maximum Gasteiger partial charge on any atom is 0.416 e. The topological polar surface area (TPSA) is 136 Å². The molecule has 0 bridgehead atoms. The second-order valence-electron chi connectivity index (χ2n) is 7.55. The lowest BCUT2D eigenvalue weighted by Crippen LogP contribution is -2.45. The summed E-state index contributed by atoms with van der Waals surface area (Å²) in [4.78, 5) is 47.0. The van der Waals surface area contributed by atoms with Crippen LogP contribution in [-0.2, 0) is 26.7 Å². The van der Waals surface area contributed by atoms with E-state index in [-0.39, 0.29) is 30.4 Å². The van der Waals surface area contributed by atoms with Gasteiger partial charge in [-0.25, -0.2) is 4.79 Å². The van der Waals surface area contributed by atoms with Crippen LogP contribution in [0, 0.1) is 10.1 Å². The molecule has 0 aliphatic carbocycles. The van der Waals surface area contributed by atoms with Gasteiger partial charge in [0.25, 0.3) is 11.6 Å². The summed E-state index contributed by atoms with van der Waals surface area (Å²) in [5.74, 6) is -5.79. The van der Waals surface area contributed by atoms with Gasteiger partial charge in [-0.2, -0.15) is 26.3 Å². The molecule has 0 fully saturated rings. The summed E-state index contributed by atoms with van der Waals surface area (Å²) in [6.07, 6.45) is -11.2. The summed E-state index contributed by atoms with van der Waals surface area (Å²) < 4.78 is 83.7. The molecule has 0 saturated heterocycles. The molecule has 0 aliphatic heterocycles. The third-order valence-corrected chi connectivity index (χ3v) is 5.03. The fourth-order valence-electron chi connectivity index (χ4n) is 3.32. The maximum atomic E-state index is 13.2. The second-order valence-corrected chi connectivity index (χ2v) is 7.55. The molecular formula is C22H18F6N2O7. The molecule has 15 heteroatoms. The zero-order valence-corrected chi connectivity index (χ0v) is 18.7. The van der Waals surface area contributed by atoms with E-state index < -0.39 is 75.9 Å². The van der Waals surface area contributed by atoms with Crippen molar-refractivity contribution in [1.82, 2.24) is 5.32 Å². The van der Waals surface area contributed by atoms with Crippen molar-refractivity contribution in [2.45, 2.75) is 37.7 Å². The number of carbonyl (C=O) groups excluding carboxylic acids is 2. The van der Waals surface area contributed by atoms with E-state index in [1.54, 1.807) is 0 Å². The van der Waals surface area contributed by atoms with Crippen LogP contribution in [0.15, 0.2) is 42.5 Å². The standard InChI is InChI=1S/C22H18F6N2O7/c1-2-37-17(31)10-16(11-3-5-15(6-4-11)30(35)36)18(20(33)34)29-19(32)12-7-13(21(23,24)25)9-14(8-12)22(26,27)28/h3-9,16,18H,2,10H2,1H3,(H,29,32)(H,33,34)/t16-,18+/m1/s1. The fraction of sp³-hybridized carbons (Fsp3) is 0.318. The minimum absolute atomic E-state index is 0.00799. The molecule has 2 N–H and O–H groups in total. The molecule has 0 saturated carbocycles. The largest absolute Gasteiger partial charge is 0.480 e. The average Bonchev–Trinajstić information content (AvgIpc) is 2.79. The van der Waals surface area contributed by atoms with Crippen LogP contribution < -0.4 is 5.32 Å². The Kier molecular flexibility index (Phi) is 8.85. The Balaban J connectivity index is 2.53. The molecule has 2 aromatic carbocycles. The van der Waals surface area contributed by atoms with Crippen molar-refractivity contribution >= 4 is 23.5 Å². The Morgan fingerprint density at radius 2 is 1.51 bits per heavy atom. The highest BCUT2D eigenvalue weighted by Crippen LogP contribution is 2.36. The molecule has 0 spiro atoms. The molecular weight excluding hydrogens is 518 g/mol. The third-order valence-electron chi connectivity index (χ3n) is 5.03. The van der Waals surface area contributed by atoms with Gasteiger partial charge in [-0.1, -0.05) is 12.1 Å². The first-order valence-corrected chi connectivity index (χ1v) is 10.3. The summed E-state index contributed by atoms with van der Waals surface area (Å²) in [6.45, 7) is 1.33. The molecule has 0 aliphatic rings. The Bertz CT molecular complexity index is 1150. The minimum atomic E-state index is -5.26. The van der Waals surface area contributed by atoms with E-state index >= 15 is 0 Å². The van der Waals surface area contributed by atoms with Crippen molar-refractivity contribution in [3.05, 3.63) is 74.8 Å². The predicted molar refractivity (Wildman–Crippen MR) is 112 cm³/mol. The average molecular weight is 536 g/mol. The number of nitrogens with one attached hydrogen (secondary N) is 1. The lowest BCUT2D eigenvalue weighted by atomic mass is 9.88. The fourth-order valence-corrected chi connectivity index (χ4v) is 3.32. The summed E-state index contributed by atoms with van der Waals surface area (Å²) in [5, 5.41) is 22.5. The molecule has 200 valence electrons. The molecule has 9 nitrogen and oxygen atoms in total. The number of nitrogens with zero attached hydrogens (tertiary/aromatic N) is 1. The molecule has 2 atom stereocenters. The van der Waals surface area contributed by atoms with Crippen molar-refractivity contribution in [2.75, 3.05) is 6.61 Å². The first-order chi connectivity index (χ1) is 17.0. The molecule has 37 heavy (non-hydrogen) atoms. The first-order valence-electron chi connectivity index (χ1n) is 10.3. The quantitative estimate of drug-likeness (QED) is 0.208. The van der Waals surface area contributed by atoms with Crippen LogP contribution in [0.2, 0.25) is 0 Å². The van der Waals surface area contributed by atoms with Gasteiger partial charge in [0, 0.05) is 23.6 Å². The minimum Gasteiger partial charge on any atom is -0.480 e. The lowest BCUT2D eigenvalue weighted by Gasteiger charge is -2.25. The monoisotopic (exact) mass is 536 g/mol. The highest BCUT2D eigenvalue weighted by Gasteiger charge is 2.39. The van der Waals surface area contributed by atoms with Crippen molar-refractivity contribution in [3.8, 4) is 0 Å². The van der Waals surface area contributed by atoms with Crippen LogP contribution >= 0.6 is 0 Å². The Labute approximate surface area is 204 Å². The SMILES string of the molecule is CCOC(=O)C[C@H](c1ccc([N+](=O)[O-])cc1)[C@H](NC(=O)c1cc(C(F)(F)F)cc(C(F)(F)F)c1)C(=O)O. The second kappa shape index (κ2) is 11.3. The molecule has 0 heterocycles. The van der Waals surface area contributed by atoms with Crippen LogP contribution in [0.1, 0.15) is 46.3 Å². The van der Waals surface area contributed by atoms with Crippen LogP contribution in [0.4, 0.5) is 32.0 Å². The van der Waals surface area contributed by atoms with E-state index in [4.69, 9.17) is 4.74 Å². The van der Waals surface area contributed by atoms with Crippen molar-refractivity contribution in [3.63, 3.8) is 0 Å². The first kappa shape index (κ1) is 29.1. The Morgan fingerprint density at radius 3 is 1.92 bits per heavy atom. The maximum absolute atomic E-state index is 13.2. The molecule has 2 aromatic rings. The van der Waals surface area contributed by atoms with Gasteiger partial charge in [-0.05, 0) is 30.7 Å². The Hall–Kier alpha value is -4.17. The number of non-ortho nitro benzene ring substituents is 1. The number of amides is 1. The van der Waals surface area contributed by atoms with Crippen LogP contribution in [0.25, 0.3) is 0 Å². The third kappa shape index (κ3) is 7.65. The lowest BCUT2D eigenvalue weighted by molar-refractivity contribution is -0.384. The number of alkyl halides is 6. The molecule has 0 aromatic heterocycles. The number of rotatable bonds is 9. The van der Waals surface area contributed by atoms with Gasteiger partial charge in [0.1, 0.15) is 6.04 Å². The van der Waals surface area contributed by atoms with Crippen LogP contribution in [-0.4, -0.2) is 40.5 Å². The Morgan fingerprint density at radius 1 is 1.00 bits per heavy atom. The van der Waals surface area contributed by atoms with Crippen LogP contribution in [0.5, 0.6) is 0 Å². The smallest absolute Gasteiger partial charge is 0.416 e. The zero-order valence-electron chi connectivity index (χ0n) is 18.7. The van der Waals surface area contributed by atoms with Gasteiger partial charge < -0.3 is 15.2 Å². The normalized spacial score (nSPS) is 13.4. The number of carboxylic acid groups (broad SMARTS) is 1. The van der Waals surface area contributed by atoms with E-state index in [2.05, 4.69) is 0 Å². The number of hydrogen-bond donors (Lipinski definition) is 2. The van der Waals surface area contributed by atoms with Gasteiger partial charge in [-0.15, -0.1) is 0 Å². The van der Waals surface area contributed by atoms with Gasteiger partial charge in [0.2, 0.25) is 0 Å². The van der Waals surface area contributed by atoms with Gasteiger partial charge in [0.15, 0.2) is 0 Å². The highest BCUT2D eigenvalue weighted by atomic mass is 19.4. The number of nitro benzene ring substituents is 1. The van der Waals surface area contributed by atoms with E-state index in [0.717, 1.165) is 24.3 Å². The summed E-state index contributed by atoms with van der Waals surface area (Å²) >= 11 is 0. The van der Waals surface area contributed by atoms with E-state index in [0.29, 0.717) is 0 Å². The number of aliphatic carboxylic acids is 1. The number of carbonyl (C=O) groups is 3. The summed E-state index contributed by atoms with van der Waals surface area (Å²) in [6, 6.07) is 2.14. The number of nitro groups is 1. The number of hydrogen-bond acceptors (Lipinski definition) is 6. The van der Waals surface area contributed by atoms with Crippen molar-refractivity contribution < 1.29 is 55.5 Å². The molecule has 1 amide bonds. The summed E-state index contributed by atoms with van der Waals surface area (Å²) in [7, 11) is 0. The molecule has 0 unspecified atom stereocenters. The predicted octanol–water partition coefficient (Wildman–Crippen LogP) is 4.55. The van der Waals surface area contributed by atoms with E-state index in [1.807, 2.05) is 5.32 Å². The van der Waals surface area contributed by atoms with Gasteiger partial charge in [0.05, 0.1) is 29.1 Å². The summed E-state index contributed by atoms with van der Waals surface area (Å²) in [5.41, 5.74) is -5.12. The number of esters is 1. The molecule has 0 radical (unpaired) electrons. The highest BCUT2D eigenvalue weighted by molar-refractivity contribution is 5.97. The number of ether oxygens (including phenoxy) is 1. The van der Waals surface area contributed by atoms with Crippen molar-refractivity contribution in [1.29, 1.82) is 0 Å². The number of carboxylic acids is 1. The number of benzene rings is 2.